The molecule has 231 valence electrons. The van der Waals surface area contributed by atoms with Gasteiger partial charge in [0.1, 0.15) is 5.60 Å². The third-order valence-electron chi connectivity index (χ3n) is 6.67. The van der Waals surface area contributed by atoms with Gasteiger partial charge >= 0.3 is 34.5 Å². The fourth-order valence-electron chi connectivity index (χ4n) is 5.03. The maximum absolute atomic E-state index is 9.41. The molecule has 6 aliphatic heterocycles. The molecule has 0 spiro atoms. The second kappa shape index (κ2) is 18.6. The van der Waals surface area contributed by atoms with Gasteiger partial charge in [0.25, 0.3) is 0 Å². The van der Waals surface area contributed by atoms with Crippen LogP contribution in [0.15, 0.2) is 41.4 Å². The average Bonchev–Trinajstić information content (AvgIpc) is 3.85. The molecule has 1 aromatic rings. The Morgan fingerprint density at radius 3 is 1.63 bits per heavy atom. The van der Waals surface area contributed by atoms with Crippen LogP contribution in [0, 0.1) is 28.6 Å². The Bertz CT molecular complexity index is 1070. The second-order valence-electron chi connectivity index (χ2n) is 9.10. The molecule has 7 heterocycles. The Hall–Kier alpha value is -1.35. The molecular weight excluding hydrogens is 659 g/mol. The number of fused-ring (bicyclic) bond motifs is 2. The number of furan rings is 1. The molecule has 2 bridgehead atoms. The molecule has 3 radical (unpaired) electrons. The molecule has 16 heteroatoms. The van der Waals surface area contributed by atoms with Crippen molar-refractivity contribution in [2.24, 2.45) is 5.92 Å². The zero-order valence-electron chi connectivity index (χ0n) is 22.9. The minimum absolute atomic E-state index is 0. The van der Waals surface area contributed by atoms with E-state index < -0.39 is 38.9 Å². The van der Waals surface area contributed by atoms with E-state index in [1.165, 1.54) is 6.08 Å². The van der Waals surface area contributed by atoms with Crippen molar-refractivity contribution < 1.29 is 62.2 Å². The number of hydrogen-bond acceptors (Lipinski definition) is 12. The fourth-order valence-corrected chi connectivity index (χ4v) is 5.03. The van der Waals surface area contributed by atoms with Crippen LogP contribution in [0.1, 0.15) is 37.9 Å². The summed E-state index contributed by atoms with van der Waals surface area (Å²) in [5, 5.41) is 16.9. The number of allylic oxidation sites excluding steroid dienone is 1. The number of hydrogen-bond donors (Lipinski definition) is 0. The monoisotopic (exact) mass is 691 g/mol. The maximum Gasteiger partial charge on any atom is 0.217 e. The molecule has 1 aromatic heterocycles. The van der Waals surface area contributed by atoms with Crippen LogP contribution in [0.5, 0.6) is 0 Å². The molecule has 0 aromatic carbocycles. The molecular formula is C27H34BCl2N2O10Zn. The predicted octanol–water partition coefficient (Wildman–Crippen LogP) is 4.04. The first kappa shape index (κ1) is 37.8. The molecule has 7 rings (SSSR count). The number of rotatable bonds is 4. The predicted molar refractivity (Wildman–Crippen MR) is 149 cm³/mol. The summed E-state index contributed by atoms with van der Waals surface area (Å²) in [5.41, 5.74) is -1.49. The van der Waals surface area contributed by atoms with E-state index in [2.05, 4.69) is 12.6 Å². The summed E-state index contributed by atoms with van der Waals surface area (Å²) in [5.74, 6) is 1.02. The van der Waals surface area contributed by atoms with E-state index in [0.717, 1.165) is 0 Å². The largest absolute Gasteiger partial charge is 0.455 e. The van der Waals surface area contributed by atoms with Gasteiger partial charge in [0.2, 0.25) is 12.6 Å². The quantitative estimate of drug-likeness (QED) is 0.255. The van der Waals surface area contributed by atoms with Crippen molar-refractivity contribution in [2.45, 2.75) is 50.2 Å². The average molecular weight is 694 g/mol. The summed E-state index contributed by atoms with van der Waals surface area (Å²) < 4.78 is 55.3. The van der Waals surface area contributed by atoms with Crippen LogP contribution in [0.2, 0.25) is 0 Å². The Kier molecular flexibility index (Phi) is 16.3. The van der Waals surface area contributed by atoms with Gasteiger partial charge < -0.3 is 47.0 Å². The van der Waals surface area contributed by atoms with E-state index in [0.29, 0.717) is 70.8 Å². The summed E-state index contributed by atoms with van der Waals surface area (Å²) in [4.78, 5) is 0. The Balaban J connectivity index is 0.000000242. The summed E-state index contributed by atoms with van der Waals surface area (Å²) in [6.45, 7) is 7.74. The third-order valence-corrected chi connectivity index (χ3v) is 6.67. The summed E-state index contributed by atoms with van der Waals surface area (Å²) in [6.07, 6.45) is 3.87. The smallest absolute Gasteiger partial charge is 0.217 e. The van der Waals surface area contributed by atoms with Crippen LogP contribution in [0.3, 0.4) is 0 Å². The summed E-state index contributed by atoms with van der Waals surface area (Å²) in [6, 6.07) is 7.67. The number of nitrogens with zero attached hydrogens (tertiary/aromatic N) is 2. The van der Waals surface area contributed by atoms with Gasteiger partial charge in [-0.3, -0.25) is 0 Å². The zero-order chi connectivity index (χ0) is 29.1. The first-order valence-corrected chi connectivity index (χ1v) is 20.8. The van der Waals surface area contributed by atoms with Gasteiger partial charge in [0, 0.05) is 20.9 Å². The molecule has 3 unspecified atom stereocenters. The van der Waals surface area contributed by atoms with Gasteiger partial charge in [-0.1, -0.05) is 14.0 Å². The van der Waals surface area contributed by atoms with Crippen LogP contribution in [0.4, 0.5) is 0 Å². The van der Waals surface area contributed by atoms with Crippen LogP contribution in [0.25, 0.3) is 0 Å². The topological polar surface area (TPSA) is 144 Å². The van der Waals surface area contributed by atoms with Gasteiger partial charge in [-0.2, -0.15) is 10.5 Å². The van der Waals surface area contributed by atoms with E-state index >= 15 is 0 Å². The third kappa shape index (κ3) is 8.89. The molecule has 0 aliphatic carbocycles. The molecule has 5 fully saturated rings. The zero-order valence-corrected chi connectivity index (χ0v) is 27.3. The van der Waals surface area contributed by atoms with Gasteiger partial charge in [-0.15, -0.1) is 0 Å². The molecule has 3 atom stereocenters. The molecule has 0 amide bonds. The van der Waals surface area contributed by atoms with Crippen molar-refractivity contribution in [3.05, 3.63) is 48.5 Å². The summed E-state index contributed by atoms with van der Waals surface area (Å²) >= 11 is -0.931. The Morgan fingerprint density at radius 1 is 0.791 bits per heavy atom. The van der Waals surface area contributed by atoms with Crippen LogP contribution >= 0.6 is 19.4 Å². The van der Waals surface area contributed by atoms with Crippen LogP contribution < -0.4 is 0 Å². The van der Waals surface area contributed by atoms with Gasteiger partial charge in [-0.05, 0) is 24.3 Å². The van der Waals surface area contributed by atoms with Gasteiger partial charge in [-0.25, -0.2) is 0 Å². The SMILES string of the molecule is C.C=CC#N.N#CC1CC2(C3OCCO3)C=CC1(C1OCCO1)O2.[B].[Cl][Zn][Cl].c1cc(C2OCCO2)oc1C1OCCO1. The fraction of sp³-hybridized carbons (Fsp3) is 0.630. The molecule has 43 heavy (non-hydrogen) atoms. The van der Waals surface area contributed by atoms with Crippen molar-refractivity contribution in [3.8, 4) is 12.1 Å². The summed E-state index contributed by atoms with van der Waals surface area (Å²) in [7, 11) is 9.90. The standard InChI is InChI=1S/C13H15NO5.C10H12O5.C3H3N.CH4.B.2ClH.Zn/c14-8-9-7-12(10-15-3-4-16-10)1-2-13(9,19-12)11-17-5-6-18-11;1-2-8(10-13-5-6-14-10)15-7(1)9-11-3-4-12-9;1-2-3-4;;;;;/h1-2,9-11H,3-7H2;1-2,9-10H,3-6H2;2H,1H2;1H4;;2*1H;/q;;;;;;;+2/p-2. The van der Waals surface area contributed by atoms with Gasteiger partial charge in [0.05, 0.1) is 70.9 Å². The first-order chi connectivity index (χ1) is 20.1. The van der Waals surface area contributed by atoms with Crippen molar-refractivity contribution in [3.63, 3.8) is 0 Å². The Labute approximate surface area is 269 Å². The van der Waals surface area contributed by atoms with Crippen molar-refractivity contribution in [1.82, 2.24) is 0 Å². The molecule has 12 nitrogen and oxygen atoms in total. The molecule has 0 saturated carbocycles. The molecule has 6 aliphatic rings. The van der Waals surface area contributed by atoms with E-state index in [1.54, 1.807) is 6.07 Å². The normalized spacial score (nSPS) is 29.3. The first-order valence-electron chi connectivity index (χ1n) is 13.0. The van der Waals surface area contributed by atoms with Gasteiger partial charge in [0.15, 0.2) is 29.7 Å². The van der Waals surface area contributed by atoms with E-state index in [9.17, 15) is 5.26 Å². The van der Waals surface area contributed by atoms with E-state index in [4.69, 9.17) is 71.7 Å². The molecule has 5 saturated heterocycles. The molecule has 0 N–H and O–H groups in total. The minimum atomic E-state index is -0.931. The number of nitriles is 2. The maximum atomic E-state index is 9.41. The van der Waals surface area contributed by atoms with Crippen molar-refractivity contribution in [1.29, 1.82) is 10.5 Å². The minimum Gasteiger partial charge on any atom is -0.455 e. The van der Waals surface area contributed by atoms with Crippen LogP contribution in [-0.2, 0) is 57.8 Å². The second-order valence-corrected chi connectivity index (χ2v) is 13.7. The number of ether oxygens (including phenoxy) is 9. The van der Waals surface area contributed by atoms with Crippen LogP contribution in [-0.4, -0.2) is 85.1 Å². The Morgan fingerprint density at radius 2 is 1.21 bits per heavy atom. The van der Waals surface area contributed by atoms with E-state index in [1.807, 2.05) is 24.3 Å². The van der Waals surface area contributed by atoms with Crippen molar-refractivity contribution >= 4 is 27.8 Å². The number of halogens is 2. The van der Waals surface area contributed by atoms with E-state index in [-0.39, 0.29) is 34.3 Å². The van der Waals surface area contributed by atoms with Crippen molar-refractivity contribution in [2.75, 3.05) is 52.9 Å².